The number of ether oxygens (including phenoxy) is 2. The maximum atomic E-state index is 13.9. The Morgan fingerprint density at radius 2 is 1.83 bits per heavy atom. The van der Waals surface area contributed by atoms with Crippen molar-refractivity contribution >= 4 is 28.3 Å². The maximum Gasteiger partial charge on any atom is 0.294 e. The first kappa shape index (κ1) is 23.2. The van der Waals surface area contributed by atoms with Gasteiger partial charge in [-0.25, -0.2) is 0 Å². The SMILES string of the molecule is CCOc1cccc(C2C(C(=O)c3cc4cccc(OC)c4o3)=C(O)C(=O)N2c2ccccc2C)c1. The second kappa shape index (κ2) is 9.26. The normalized spacial score (nSPS) is 15.6. The van der Waals surface area contributed by atoms with E-state index >= 15 is 0 Å². The number of hydrogen-bond donors (Lipinski definition) is 1. The average Bonchev–Trinajstić information content (AvgIpc) is 3.44. The molecule has 0 radical (unpaired) electrons. The van der Waals surface area contributed by atoms with E-state index in [4.69, 9.17) is 13.9 Å². The summed E-state index contributed by atoms with van der Waals surface area (Å²) in [6, 6.07) is 20.6. The Kier molecular flexibility index (Phi) is 5.98. The molecule has 7 nitrogen and oxygen atoms in total. The molecule has 1 aliphatic rings. The number of furan rings is 1. The summed E-state index contributed by atoms with van der Waals surface area (Å²) in [4.78, 5) is 28.8. The Morgan fingerprint density at radius 3 is 2.58 bits per heavy atom. The first-order valence-electron chi connectivity index (χ1n) is 11.6. The van der Waals surface area contributed by atoms with Gasteiger partial charge in [0.1, 0.15) is 5.75 Å². The topological polar surface area (TPSA) is 89.2 Å². The number of nitrogens with zero attached hydrogens (tertiary/aromatic N) is 1. The highest BCUT2D eigenvalue weighted by Crippen LogP contribution is 2.44. The lowest BCUT2D eigenvalue weighted by Crippen LogP contribution is -2.31. The number of methoxy groups -OCH3 is 1. The van der Waals surface area contributed by atoms with Crippen LogP contribution in [0.3, 0.4) is 0 Å². The third-order valence-electron chi connectivity index (χ3n) is 6.26. The highest BCUT2D eigenvalue weighted by molar-refractivity contribution is 6.21. The molecule has 2 heterocycles. The first-order chi connectivity index (χ1) is 17.4. The Morgan fingerprint density at radius 1 is 1.06 bits per heavy atom. The monoisotopic (exact) mass is 483 g/mol. The molecule has 1 N–H and O–H groups in total. The Balaban J connectivity index is 1.68. The van der Waals surface area contributed by atoms with Gasteiger partial charge in [-0.1, -0.05) is 42.5 Å². The quantitative estimate of drug-likeness (QED) is 0.328. The van der Waals surface area contributed by atoms with Crippen LogP contribution >= 0.6 is 0 Å². The molecule has 0 spiro atoms. The van der Waals surface area contributed by atoms with E-state index in [0.717, 1.165) is 5.56 Å². The van der Waals surface area contributed by atoms with Gasteiger partial charge in [-0.3, -0.25) is 14.5 Å². The molecule has 7 heteroatoms. The fourth-order valence-electron chi connectivity index (χ4n) is 4.62. The van der Waals surface area contributed by atoms with Gasteiger partial charge in [0.05, 0.1) is 25.3 Å². The Bertz CT molecular complexity index is 1520. The number of Topliss-reactive ketones (excluding diaryl/α,β-unsaturated/α-hetero) is 1. The summed E-state index contributed by atoms with van der Waals surface area (Å²) in [5, 5.41) is 11.7. The van der Waals surface area contributed by atoms with Crippen LogP contribution in [0.1, 0.15) is 34.6 Å². The molecule has 1 aromatic heterocycles. The summed E-state index contributed by atoms with van der Waals surface area (Å²) in [6.07, 6.45) is 0. The van der Waals surface area contributed by atoms with Crippen molar-refractivity contribution in [3.63, 3.8) is 0 Å². The predicted molar refractivity (Wildman–Crippen MR) is 136 cm³/mol. The van der Waals surface area contributed by atoms with Crippen LogP contribution in [-0.2, 0) is 4.79 Å². The number of aliphatic hydroxyl groups is 1. The molecule has 3 aromatic carbocycles. The zero-order valence-electron chi connectivity index (χ0n) is 20.1. The highest BCUT2D eigenvalue weighted by Gasteiger charge is 2.46. The fourth-order valence-corrected chi connectivity index (χ4v) is 4.62. The molecule has 0 aliphatic carbocycles. The number of aryl methyl sites for hydroxylation is 1. The maximum absolute atomic E-state index is 13.9. The second-order valence-corrected chi connectivity index (χ2v) is 8.45. The van der Waals surface area contributed by atoms with E-state index in [-0.39, 0.29) is 11.3 Å². The number of hydrogen-bond acceptors (Lipinski definition) is 6. The predicted octanol–water partition coefficient (Wildman–Crippen LogP) is 5.93. The lowest BCUT2D eigenvalue weighted by Gasteiger charge is -2.28. The fraction of sp³-hybridized carbons (Fsp3) is 0.172. The van der Waals surface area contributed by atoms with E-state index in [9.17, 15) is 14.7 Å². The summed E-state index contributed by atoms with van der Waals surface area (Å²) in [5.74, 6) is -0.771. The number of carbonyl (C=O) groups excluding carboxylic acids is 2. The zero-order valence-corrected chi connectivity index (χ0v) is 20.1. The van der Waals surface area contributed by atoms with Crippen molar-refractivity contribution in [1.29, 1.82) is 0 Å². The standard InChI is InChI=1S/C29H25NO6/c1-4-35-20-12-7-10-18(15-20)25-24(27(32)29(33)30(25)21-13-6-5-9-17(21)2)26(31)23-16-19-11-8-14-22(34-3)28(19)36-23/h5-16,25,32H,4H2,1-3H3. The van der Waals surface area contributed by atoms with Crippen molar-refractivity contribution in [1.82, 2.24) is 0 Å². The van der Waals surface area contributed by atoms with Crippen molar-refractivity contribution < 1.29 is 28.6 Å². The number of aliphatic hydroxyl groups excluding tert-OH is 1. The minimum Gasteiger partial charge on any atom is -0.503 e. The third-order valence-corrected chi connectivity index (χ3v) is 6.26. The second-order valence-electron chi connectivity index (χ2n) is 8.45. The van der Waals surface area contributed by atoms with Gasteiger partial charge in [-0.05, 0) is 55.3 Å². The van der Waals surface area contributed by atoms with Gasteiger partial charge in [0, 0.05) is 11.1 Å². The van der Waals surface area contributed by atoms with Crippen LogP contribution in [0.15, 0.2) is 88.5 Å². The van der Waals surface area contributed by atoms with E-state index < -0.39 is 23.5 Å². The molecule has 1 amide bonds. The van der Waals surface area contributed by atoms with Crippen molar-refractivity contribution in [3.8, 4) is 11.5 Å². The minimum atomic E-state index is -0.887. The Labute approximate surface area is 208 Å². The van der Waals surface area contributed by atoms with E-state index in [1.54, 1.807) is 54.6 Å². The van der Waals surface area contributed by atoms with Crippen LogP contribution in [0.5, 0.6) is 11.5 Å². The summed E-state index contributed by atoms with van der Waals surface area (Å²) in [7, 11) is 1.52. The van der Waals surface area contributed by atoms with E-state index in [1.807, 2.05) is 32.0 Å². The summed E-state index contributed by atoms with van der Waals surface area (Å²) < 4.78 is 16.9. The lowest BCUT2D eigenvalue weighted by molar-refractivity contribution is -0.117. The van der Waals surface area contributed by atoms with Crippen molar-refractivity contribution in [2.45, 2.75) is 19.9 Å². The van der Waals surface area contributed by atoms with Gasteiger partial charge < -0.3 is 19.0 Å². The third kappa shape index (κ3) is 3.79. The highest BCUT2D eigenvalue weighted by atomic mass is 16.5. The van der Waals surface area contributed by atoms with Crippen molar-refractivity contribution in [2.75, 3.05) is 18.6 Å². The largest absolute Gasteiger partial charge is 0.503 e. The number of anilines is 1. The van der Waals surface area contributed by atoms with Crippen LogP contribution in [0.25, 0.3) is 11.0 Å². The smallest absolute Gasteiger partial charge is 0.294 e. The number of para-hydroxylation sites is 2. The van der Waals surface area contributed by atoms with Crippen LogP contribution in [0.2, 0.25) is 0 Å². The van der Waals surface area contributed by atoms with Gasteiger partial charge in [0.2, 0.25) is 5.78 Å². The summed E-state index contributed by atoms with van der Waals surface area (Å²) >= 11 is 0. The summed E-state index contributed by atoms with van der Waals surface area (Å²) in [5.41, 5.74) is 2.40. The molecule has 0 saturated carbocycles. The number of rotatable bonds is 7. The first-order valence-corrected chi connectivity index (χ1v) is 11.6. The van der Waals surface area contributed by atoms with Crippen molar-refractivity contribution in [3.05, 3.63) is 101 Å². The molecule has 1 aliphatic heterocycles. The lowest BCUT2D eigenvalue weighted by atomic mass is 9.94. The van der Waals surface area contributed by atoms with Gasteiger partial charge in [-0.2, -0.15) is 0 Å². The van der Waals surface area contributed by atoms with Crippen LogP contribution in [0.4, 0.5) is 5.69 Å². The van der Waals surface area contributed by atoms with Gasteiger partial charge in [0.25, 0.3) is 5.91 Å². The molecule has 0 saturated heterocycles. The zero-order chi connectivity index (χ0) is 25.4. The van der Waals surface area contributed by atoms with Crippen LogP contribution in [0, 0.1) is 6.92 Å². The minimum absolute atomic E-state index is 0.00134. The molecule has 5 rings (SSSR count). The molecule has 36 heavy (non-hydrogen) atoms. The van der Waals surface area contributed by atoms with E-state index in [1.165, 1.54) is 12.0 Å². The van der Waals surface area contributed by atoms with Crippen molar-refractivity contribution in [2.24, 2.45) is 0 Å². The van der Waals surface area contributed by atoms with Crippen LogP contribution in [-0.4, -0.2) is 30.5 Å². The number of amides is 1. The molecular weight excluding hydrogens is 458 g/mol. The molecule has 0 fully saturated rings. The molecular formula is C29H25NO6. The average molecular weight is 484 g/mol. The van der Waals surface area contributed by atoms with E-state index in [2.05, 4.69) is 0 Å². The molecule has 182 valence electrons. The number of carbonyl (C=O) groups is 2. The molecule has 1 atom stereocenters. The van der Waals surface area contributed by atoms with Gasteiger partial charge >= 0.3 is 0 Å². The molecule has 0 bridgehead atoms. The number of benzene rings is 3. The molecule has 4 aromatic rings. The van der Waals surface area contributed by atoms with Gasteiger partial charge in [-0.15, -0.1) is 0 Å². The summed E-state index contributed by atoms with van der Waals surface area (Å²) in [6.45, 7) is 4.21. The number of fused-ring (bicyclic) bond motifs is 1. The molecule has 1 unspecified atom stereocenters. The Hall–Kier alpha value is -4.52. The number of ketones is 1. The van der Waals surface area contributed by atoms with Gasteiger partial charge in [0.15, 0.2) is 22.9 Å². The van der Waals surface area contributed by atoms with E-state index in [0.29, 0.717) is 40.3 Å². The van der Waals surface area contributed by atoms with Crippen LogP contribution < -0.4 is 14.4 Å².